The summed E-state index contributed by atoms with van der Waals surface area (Å²) in [7, 11) is 1.96. The molecule has 0 bridgehead atoms. The van der Waals surface area contributed by atoms with E-state index in [1.165, 1.54) is 43.3 Å². The third kappa shape index (κ3) is 3.53. The minimum absolute atomic E-state index is 0.933. The third-order valence-electron chi connectivity index (χ3n) is 4.19. The van der Waals surface area contributed by atoms with E-state index in [9.17, 15) is 0 Å². The fourth-order valence-electron chi connectivity index (χ4n) is 2.95. The first kappa shape index (κ1) is 14.3. The normalized spacial score (nSPS) is 14.8. The molecule has 2 aromatic rings. The van der Waals surface area contributed by atoms with E-state index in [1.54, 1.807) is 0 Å². The van der Waals surface area contributed by atoms with Crippen LogP contribution in [0.15, 0.2) is 30.3 Å². The summed E-state index contributed by atoms with van der Waals surface area (Å²) in [5.74, 6) is 1.95. The van der Waals surface area contributed by atoms with Crippen LogP contribution in [-0.2, 0) is 6.54 Å². The van der Waals surface area contributed by atoms with E-state index >= 15 is 0 Å². The summed E-state index contributed by atoms with van der Waals surface area (Å²) < 4.78 is 0. The first-order chi connectivity index (χ1) is 10.3. The number of benzene rings is 1. The number of hydrogen-bond acceptors (Lipinski definition) is 3. The summed E-state index contributed by atoms with van der Waals surface area (Å²) in [6.45, 7) is 5.67. The number of anilines is 1. The summed E-state index contributed by atoms with van der Waals surface area (Å²) in [6, 6.07) is 10.7. The van der Waals surface area contributed by atoms with Gasteiger partial charge in [-0.3, -0.25) is 4.90 Å². The molecule has 0 radical (unpaired) electrons. The van der Waals surface area contributed by atoms with Crippen molar-refractivity contribution in [2.24, 2.45) is 5.92 Å². The van der Waals surface area contributed by atoms with Gasteiger partial charge in [0.25, 0.3) is 0 Å². The molecule has 3 rings (SSSR count). The Kier molecular flexibility index (Phi) is 4.39. The van der Waals surface area contributed by atoms with Crippen molar-refractivity contribution in [3.63, 3.8) is 0 Å². The van der Waals surface area contributed by atoms with E-state index in [-0.39, 0.29) is 0 Å². The lowest BCUT2D eigenvalue weighted by molar-refractivity contribution is 0.255. The number of rotatable bonds is 7. The highest BCUT2D eigenvalue weighted by molar-refractivity contribution is 5.81. The van der Waals surface area contributed by atoms with Crippen LogP contribution in [0.5, 0.6) is 0 Å². The van der Waals surface area contributed by atoms with Gasteiger partial charge < -0.3 is 5.32 Å². The van der Waals surface area contributed by atoms with Gasteiger partial charge in [-0.05, 0) is 43.9 Å². The highest BCUT2D eigenvalue weighted by atomic mass is 15.1. The summed E-state index contributed by atoms with van der Waals surface area (Å²) >= 11 is 0. The lowest BCUT2D eigenvalue weighted by Gasteiger charge is -2.23. The molecule has 1 aromatic carbocycles. The maximum absolute atomic E-state index is 4.76. The molecule has 3 heteroatoms. The average Bonchev–Trinajstić information content (AvgIpc) is 3.30. The van der Waals surface area contributed by atoms with E-state index in [1.807, 2.05) is 13.1 Å². The van der Waals surface area contributed by atoms with Gasteiger partial charge in [-0.1, -0.05) is 25.1 Å². The maximum Gasteiger partial charge on any atom is 0.130 e. The average molecular weight is 283 g/mol. The van der Waals surface area contributed by atoms with Gasteiger partial charge >= 0.3 is 0 Å². The largest absolute Gasteiger partial charge is 0.373 e. The van der Waals surface area contributed by atoms with Crippen molar-refractivity contribution in [1.82, 2.24) is 9.88 Å². The fourth-order valence-corrected chi connectivity index (χ4v) is 2.95. The van der Waals surface area contributed by atoms with Crippen molar-refractivity contribution in [2.45, 2.75) is 32.7 Å². The number of nitrogens with zero attached hydrogens (tertiary/aromatic N) is 2. The van der Waals surface area contributed by atoms with Crippen LogP contribution in [0.4, 0.5) is 5.82 Å². The number of nitrogens with one attached hydrogen (secondary N) is 1. The van der Waals surface area contributed by atoms with Gasteiger partial charge in [0.15, 0.2) is 0 Å². The molecule has 1 N–H and O–H groups in total. The number of para-hydroxylation sites is 1. The highest BCUT2D eigenvalue weighted by Gasteiger charge is 2.24. The number of fused-ring (bicyclic) bond motifs is 1. The van der Waals surface area contributed by atoms with E-state index in [0.29, 0.717) is 0 Å². The standard InChI is InChI=1S/C18H25N3/c1-3-10-21(12-14-8-9-14)13-16-11-15-6-4-5-7-17(15)20-18(16)19-2/h4-7,11,14H,3,8-10,12-13H2,1-2H3,(H,19,20). The molecule has 0 amide bonds. The van der Waals surface area contributed by atoms with E-state index in [4.69, 9.17) is 4.98 Å². The van der Waals surface area contributed by atoms with Crippen LogP contribution < -0.4 is 5.32 Å². The van der Waals surface area contributed by atoms with Crippen molar-refractivity contribution in [2.75, 3.05) is 25.5 Å². The zero-order chi connectivity index (χ0) is 14.7. The zero-order valence-corrected chi connectivity index (χ0v) is 13.1. The van der Waals surface area contributed by atoms with Gasteiger partial charge in [0.1, 0.15) is 5.82 Å². The van der Waals surface area contributed by atoms with E-state index in [2.05, 4.69) is 41.4 Å². The van der Waals surface area contributed by atoms with Crippen molar-refractivity contribution in [1.29, 1.82) is 0 Å². The number of aromatic nitrogens is 1. The Hall–Kier alpha value is -1.61. The van der Waals surface area contributed by atoms with Gasteiger partial charge in [-0.15, -0.1) is 0 Å². The van der Waals surface area contributed by atoms with Crippen molar-refractivity contribution in [3.8, 4) is 0 Å². The molecule has 21 heavy (non-hydrogen) atoms. The smallest absolute Gasteiger partial charge is 0.130 e. The molecule has 0 atom stereocenters. The molecule has 0 saturated heterocycles. The van der Waals surface area contributed by atoms with Crippen LogP contribution in [0.1, 0.15) is 31.7 Å². The van der Waals surface area contributed by atoms with Crippen LogP contribution in [0, 0.1) is 5.92 Å². The van der Waals surface area contributed by atoms with Crippen LogP contribution in [-0.4, -0.2) is 30.0 Å². The molecule has 0 aliphatic heterocycles. The second-order valence-electron chi connectivity index (χ2n) is 6.12. The predicted molar refractivity (Wildman–Crippen MR) is 89.6 cm³/mol. The maximum atomic E-state index is 4.76. The van der Waals surface area contributed by atoms with E-state index < -0.39 is 0 Å². The van der Waals surface area contributed by atoms with Gasteiger partial charge in [0.2, 0.25) is 0 Å². The Bertz CT molecular complexity index is 604. The lowest BCUT2D eigenvalue weighted by atomic mass is 10.1. The van der Waals surface area contributed by atoms with Gasteiger partial charge in [-0.25, -0.2) is 4.98 Å². The molecule has 1 aliphatic rings. The lowest BCUT2D eigenvalue weighted by Crippen LogP contribution is -2.27. The van der Waals surface area contributed by atoms with E-state index in [0.717, 1.165) is 23.8 Å². The van der Waals surface area contributed by atoms with Gasteiger partial charge in [0, 0.05) is 31.1 Å². The van der Waals surface area contributed by atoms with Crippen molar-refractivity contribution >= 4 is 16.7 Å². The minimum atomic E-state index is 0.933. The van der Waals surface area contributed by atoms with Gasteiger partial charge in [0.05, 0.1) is 5.52 Å². The molecular weight excluding hydrogens is 258 g/mol. The second-order valence-corrected chi connectivity index (χ2v) is 6.12. The molecular formula is C18H25N3. The molecule has 1 saturated carbocycles. The Balaban J connectivity index is 1.85. The molecule has 0 unspecified atom stereocenters. The topological polar surface area (TPSA) is 28.2 Å². The first-order valence-corrected chi connectivity index (χ1v) is 8.09. The molecule has 1 aromatic heterocycles. The Morgan fingerprint density at radius 2 is 2.10 bits per heavy atom. The van der Waals surface area contributed by atoms with Crippen LogP contribution >= 0.6 is 0 Å². The minimum Gasteiger partial charge on any atom is -0.373 e. The highest BCUT2D eigenvalue weighted by Crippen LogP contribution is 2.31. The summed E-state index contributed by atoms with van der Waals surface area (Å²) in [5, 5.41) is 4.50. The van der Waals surface area contributed by atoms with Crippen LogP contribution in [0.3, 0.4) is 0 Å². The summed E-state index contributed by atoms with van der Waals surface area (Å²) in [6.07, 6.45) is 4.03. The fraction of sp³-hybridized carbons (Fsp3) is 0.500. The summed E-state index contributed by atoms with van der Waals surface area (Å²) in [5.41, 5.74) is 2.38. The molecule has 1 fully saturated rings. The monoisotopic (exact) mass is 283 g/mol. The van der Waals surface area contributed by atoms with Crippen molar-refractivity contribution in [3.05, 3.63) is 35.9 Å². The Morgan fingerprint density at radius 3 is 2.81 bits per heavy atom. The number of pyridine rings is 1. The third-order valence-corrected chi connectivity index (χ3v) is 4.19. The van der Waals surface area contributed by atoms with Crippen molar-refractivity contribution < 1.29 is 0 Å². The Labute approximate surface area is 127 Å². The predicted octanol–water partition coefficient (Wildman–Crippen LogP) is 3.90. The summed E-state index contributed by atoms with van der Waals surface area (Å²) in [4.78, 5) is 7.35. The number of hydrogen-bond donors (Lipinski definition) is 1. The molecule has 0 spiro atoms. The quantitative estimate of drug-likeness (QED) is 0.835. The second kappa shape index (κ2) is 6.44. The molecule has 1 heterocycles. The van der Waals surface area contributed by atoms with Crippen LogP contribution in [0.2, 0.25) is 0 Å². The molecule has 112 valence electrons. The molecule has 1 aliphatic carbocycles. The Morgan fingerprint density at radius 1 is 1.29 bits per heavy atom. The SMILES string of the molecule is CCCN(Cc1cc2ccccc2nc1NC)CC1CC1. The van der Waals surface area contributed by atoms with Gasteiger partial charge in [-0.2, -0.15) is 0 Å². The first-order valence-electron chi connectivity index (χ1n) is 8.09. The zero-order valence-electron chi connectivity index (χ0n) is 13.1. The molecule has 3 nitrogen and oxygen atoms in total. The van der Waals surface area contributed by atoms with Crippen LogP contribution in [0.25, 0.3) is 10.9 Å².